The van der Waals surface area contributed by atoms with E-state index in [1.807, 2.05) is 16.7 Å². The van der Waals surface area contributed by atoms with Crippen LogP contribution in [0.1, 0.15) is 43.0 Å². The number of nitrogens with zero attached hydrogens (tertiary/aromatic N) is 3. The minimum Gasteiger partial charge on any atom is -0.338 e. The molecular weight excluding hydrogens is 322 g/mol. The van der Waals surface area contributed by atoms with E-state index in [-0.39, 0.29) is 17.7 Å². The van der Waals surface area contributed by atoms with Crippen LogP contribution in [-0.4, -0.2) is 57.4 Å². The fraction of sp³-hybridized carbons (Fsp3) is 0.611. The Morgan fingerprint density at radius 3 is 2.83 bits per heavy atom. The monoisotopic (exact) mass is 347 g/mol. The first-order valence-electron chi connectivity index (χ1n) is 8.82. The maximum absolute atomic E-state index is 13.0. The average molecular weight is 347 g/mol. The second kappa shape index (κ2) is 8.01. The van der Waals surface area contributed by atoms with Gasteiger partial charge in [-0.2, -0.15) is 0 Å². The molecule has 0 bridgehead atoms. The fourth-order valence-electron chi connectivity index (χ4n) is 3.53. The van der Waals surface area contributed by atoms with Crippen LogP contribution in [0, 0.1) is 5.92 Å². The van der Waals surface area contributed by atoms with E-state index in [0.717, 1.165) is 44.5 Å². The molecule has 24 heavy (non-hydrogen) atoms. The zero-order valence-corrected chi connectivity index (χ0v) is 15.0. The molecule has 2 fully saturated rings. The van der Waals surface area contributed by atoms with Crippen LogP contribution < -0.4 is 0 Å². The van der Waals surface area contributed by atoms with E-state index in [2.05, 4.69) is 16.8 Å². The molecule has 2 amide bonds. The quantitative estimate of drug-likeness (QED) is 0.840. The summed E-state index contributed by atoms with van der Waals surface area (Å²) >= 11 is 1.89. The molecule has 0 unspecified atom stereocenters. The summed E-state index contributed by atoms with van der Waals surface area (Å²) in [6.45, 7) is 4.29. The van der Waals surface area contributed by atoms with Crippen LogP contribution in [0.25, 0.3) is 0 Å². The van der Waals surface area contributed by atoms with Crippen molar-refractivity contribution < 1.29 is 9.59 Å². The van der Waals surface area contributed by atoms with Gasteiger partial charge in [0.25, 0.3) is 5.91 Å². The number of hydrogen-bond donors (Lipinski definition) is 0. The molecule has 3 heterocycles. The third kappa shape index (κ3) is 3.74. The number of hydrogen-bond acceptors (Lipinski definition) is 4. The van der Waals surface area contributed by atoms with E-state index in [1.165, 1.54) is 0 Å². The Labute approximate surface area is 147 Å². The van der Waals surface area contributed by atoms with Crippen LogP contribution >= 0.6 is 11.8 Å². The van der Waals surface area contributed by atoms with Crippen LogP contribution in [0.5, 0.6) is 0 Å². The standard InChI is InChI=1S/C18H25N3O2S/c1-2-4-16-21(11-12-24-16)18(23)15-5-3-10-20(13-15)17(22)14-6-8-19-9-7-14/h6-9,15-16H,2-5,10-13H2,1H3/t15-,16-/m1/s1. The summed E-state index contributed by atoms with van der Waals surface area (Å²) in [6, 6.07) is 3.48. The summed E-state index contributed by atoms with van der Waals surface area (Å²) < 4.78 is 0. The number of piperidine rings is 1. The van der Waals surface area contributed by atoms with Crippen LogP contribution in [0.3, 0.4) is 0 Å². The number of rotatable bonds is 4. The Morgan fingerprint density at radius 1 is 1.29 bits per heavy atom. The van der Waals surface area contributed by atoms with Crippen molar-refractivity contribution in [2.24, 2.45) is 5.92 Å². The third-order valence-corrected chi connectivity index (χ3v) is 6.09. The SMILES string of the molecule is CCC[C@H]1SCCN1C(=O)[C@@H]1CCCN(C(=O)c2ccncc2)C1. The van der Waals surface area contributed by atoms with Gasteiger partial charge in [0, 0.05) is 43.3 Å². The lowest BCUT2D eigenvalue weighted by Gasteiger charge is -2.35. The molecule has 2 aliphatic rings. The molecule has 3 rings (SSSR count). The van der Waals surface area contributed by atoms with Gasteiger partial charge in [0.2, 0.25) is 5.91 Å². The minimum absolute atomic E-state index is 0.0100. The molecular formula is C18H25N3O2S. The van der Waals surface area contributed by atoms with Gasteiger partial charge < -0.3 is 9.80 Å². The summed E-state index contributed by atoms with van der Waals surface area (Å²) in [6.07, 6.45) is 7.21. The van der Waals surface area contributed by atoms with Gasteiger partial charge in [-0.3, -0.25) is 14.6 Å². The zero-order valence-electron chi connectivity index (χ0n) is 14.2. The summed E-state index contributed by atoms with van der Waals surface area (Å²) in [5.74, 6) is 1.23. The van der Waals surface area contributed by atoms with Crippen molar-refractivity contribution in [1.29, 1.82) is 0 Å². The lowest BCUT2D eigenvalue weighted by molar-refractivity contribution is -0.137. The second-order valence-corrected chi connectivity index (χ2v) is 7.76. The summed E-state index contributed by atoms with van der Waals surface area (Å²) in [5.41, 5.74) is 0.652. The van der Waals surface area contributed by atoms with Crippen LogP contribution in [0.15, 0.2) is 24.5 Å². The molecule has 1 aromatic rings. The number of thioether (sulfide) groups is 1. The first-order valence-corrected chi connectivity index (χ1v) is 9.87. The van der Waals surface area contributed by atoms with Crippen molar-refractivity contribution in [3.05, 3.63) is 30.1 Å². The molecule has 130 valence electrons. The van der Waals surface area contributed by atoms with Gasteiger partial charge in [-0.15, -0.1) is 11.8 Å². The molecule has 5 nitrogen and oxygen atoms in total. The van der Waals surface area contributed by atoms with Gasteiger partial charge in [-0.1, -0.05) is 13.3 Å². The summed E-state index contributed by atoms with van der Waals surface area (Å²) in [5, 5.41) is 0.328. The second-order valence-electron chi connectivity index (χ2n) is 6.47. The number of aromatic nitrogens is 1. The van der Waals surface area contributed by atoms with E-state index in [0.29, 0.717) is 17.5 Å². The lowest BCUT2D eigenvalue weighted by Crippen LogP contribution is -2.47. The van der Waals surface area contributed by atoms with Gasteiger partial charge >= 0.3 is 0 Å². The van der Waals surface area contributed by atoms with Crippen molar-refractivity contribution >= 4 is 23.6 Å². The topological polar surface area (TPSA) is 53.5 Å². The lowest BCUT2D eigenvalue weighted by atomic mass is 9.95. The Bertz CT molecular complexity index is 581. The summed E-state index contributed by atoms with van der Waals surface area (Å²) in [7, 11) is 0. The highest BCUT2D eigenvalue weighted by molar-refractivity contribution is 8.00. The first-order chi connectivity index (χ1) is 11.7. The summed E-state index contributed by atoms with van der Waals surface area (Å²) in [4.78, 5) is 33.4. The number of carbonyl (C=O) groups excluding carboxylic acids is 2. The molecule has 0 N–H and O–H groups in total. The Kier molecular flexibility index (Phi) is 5.76. The first kappa shape index (κ1) is 17.3. The maximum atomic E-state index is 13.0. The highest BCUT2D eigenvalue weighted by Gasteiger charge is 2.36. The Morgan fingerprint density at radius 2 is 2.08 bits per heavy atom. The smallest absolute Gasteiger partial charge is 0.253 e. The number of likely N-dealkylation sites (tertiary alicyclic amines) is 1. The largest absolute Gasteiger partial charge is 0.338 e. The van der Waals surface area contributed by atoms with Gasteiger partial charge in [-0.05, 0) is 31.4 Å². The zero-order chi connectivity index (χ0) is 16.9. The predicted octanol–water partition coefficient (Wildman–Crippen LogP) is 2.64. The van der Waals surface area contributed by atoms with E-state index in [4.69, 9.17) is 0 Å². The van der Waals surface area contributed by atoms with Gasteiger partial charge in [0.1, 0.15) is 0 Å². The van der Waals surface area contributed by atoms with Gasteiger partial charge in [0.05, 0.1) is 11.3 Å². The van der Waals surface area contributed by atoms with E-state index in [9.17, 15) is 9.59 Å². The van der Waals surface area contributed by atoms with E-state index < -0.39 is 0 Å². The molecule has 0 radical (unpaired) electrons. The normalized spacial score (nSPS) is 24.2. The third-order valence-electron chi connectivity index (χ3n) is 4.79. The Balaban J connectivity index is 1.65. The van der Waals surface area contributed by atoms with Crippen LogP contribution in [0.2, 0.25) is 0 Å². The molecule has 0 aliphatic carbocycles. The highest BCUT2D eigenvalue weighted by Crippen LogP contribution is 2.30. The van der Waals surface area contributed by atoms with Crippen molar-refractivity contribution in [3.8, 4) is 0 Å². The molecule has 0 saturated carbocycles. The molecule has 0 spiro atoms. The van der Waals surface area contributed by atoms with Crippen molar-refractivity contribution in [3.63, 3.8) is 0 Å². The van der Waals surface area contributed by atoms with Crippen molar-refractivity contribution in [1.82, 2.24) is 14.8 Å². The minimum atomic E-state index is -0.0532. The average Bonchev–Trinajstić information content (AvgIpc) is 3.10. The molecule has 1 aromatic heterocycles. The highest BCUT2D eigenvalue weighted by atomic mass is 32.2. The van der Waals surface area contributed by atoms with Gasteiger partial charge in [-0.25, -0.2) is 0 Å². The van der Waals surface area contributed by atoms with Crippen molar-refractivity contribution in [2.75, 3.05) is 25.4 Å². The molecule has 2 aliphatic heterocycles. The molecule has 2 saturated heterocycles. The number of carbonyl (C=O) groups is 2. The molecule has 2 atom stereocenters. The van der Waals surface area contributed by atoms with E-state index >= 15 is 0 Å². The predicted molar refractivity (Wildman–Crippen MR) is 95.7 cm³/mol. The number of pyridine rings is 1. The van der Waals surface area contributed by atoms with E-state index in [1.54, 1.807) is 24.5 Å². The maximum Gasteiger partial charge on any atom is 0.253 e. The van der Waals surface area contributed by atoms with Gasteiger partial charge in [0.15, 0.2) is 0 Å². The number of amides is 2. The fourth-order valence-corrected chi connectivity index (χ4v) is 4.90. The van der Waals surface area contributed by atoms with Crippen LogP contribution in [0.4, 0.5) is 0 Å². The Hall–Kier alpha value is -1.56. The molecule has 0 aromatic carbocycles. The molecule has 6 heteroatoms. The van der Waals surface area contributed by atoms with Crippen LogP contribution in [-0.2, 0) is 4.79 Å². The van der Waals surface area contributed by atoms with Crippen molar-refractivity contribution in [2.45, 2.75) is 38.0 Å².